The van der Waals surface area contributed by atoms with Crippen LogP contribution in [0.3, 0.4) is 0 Å². The number of hydrogen-bond acceptors (Lipinski definition) is 2. The number of hydrogen-bond donors (Lipinski definition) is 1. The fraction of sp³-hybridized carbons (Fsp3) is 0.588. The first-order chi connectivity index (χ1) is 9.13. The average Bonchev–Trinajstić information content (AvgIpc) is 2.46. The molecule has 2 rings (SSSR count). The quantitative estimate of drug-likeness (QED) is 0.893. The van der Waals surface area contributed by atoms with Crippen molar-refractivity contribution < 1.29 is 5.11 Å². The molecule has 2 atom stereocenters. The summed E-state index contributed by atoms with van der Waals surface area (Å²) in [5, 5.41) is 21.0. The third-order valence-corrected chi connectivity index (χ3v) is 4.71. The number of aryl methyl sites for hydroxylation is 1. The number of nitriles is 1. The van der Waals surface area contributed by atoms with Crippen molar-refractivity contribution in [1.82, 2.24) is 0 Å². The zero-order valence-electron chi connectivity index (χ0n) is 11.9. The van der Waals surface area contributed by atoms with E-state index in [4.69, 9.17) is 0 Å². The number of nitrogens with zero attached hydrogens (tertiary/aromatic N) is 1. The first-order valence-electron chi connectivity index (χ1n) is 7.35. The lowest BCUT2D eigenvalue weighted by Gasteiger charge is -2.46. The number of aliphatic hydroxyl groups is 1. The molecule has 0 spiro atoms. The van der Waals surface area contributed by atoms with Gasteiger partial charge in [-0.2, -0.15) is 5.26 Å². The van der Waals surface area contributed by atoms with Gasteiger partial charge in [0.2, 0.25) is 0 Å². The second kappa shape index (κ2) is 5.35. The summed E-state index contributed by atoms with van der Waals surface area (Å²) < 4.78 is 0. The molecule has 102 valence electrons. The van der Waals surface area contributed by atoms with Crippen LogP contribution in [-0.4, -0.2) is 10.7 Å². The van der Waals surface area contributed by atoms with E-state index >= 15 is 0 Å². The SMILES string of the molecule is CCCC(O)(CC)C1(C#N)CCCc2ccccc21. The van der Waals surface area contributed by atoms with E-state index in [0.717, 1.165) is 31.2 Å². The lowest BCUT2D eigenvalue weighted by atomic mass is 9.59. The standard InChI is InChI=1S/C17H23NO/c1-3-11-17(19,4-2)16(13-18)12-7-9-14-8-5-6-10-15(14)16/h5-6,8,10,19H,3-4,7,9,11-12H2,1-2H3. The smallest absolute Gasteiger partial charge is 0.111 e. The Hall–Kier alpha value is -1.33. The summed E-state index contributed by atoms with van der Waals surface area (Å²) in [6.45, 7) is 4.06. The van der Waals surface area contributed by atoms with E-state index in [1.165, 1.54) is 5.56 Å². The van der Waals surface area contributed by atoms with E-state index in [1.807, 2.05) is 25.1 Å². The Labute approximate surface area is 116 Å². The highest BCUT2D eigenvalue weighted by Crippen LogP contribution is 2.47. The van der Waals surface area contributed by atoms with Crippen LogP contribution in [0.15, 0.2) is 24.3 Å². The van der Waals surface area contributed by atoms with Crippen molar-refractivity contribution in [2.75, 3.05) is 0 Å². The molecule has 0 saturated heterocycles. The van der Waals surface area contributed by atoms with Gasteiger partial charge < -0.3 is 5.11 Å². The van der Waals surface area contributed by atoms with Crippen molar-refractivity contribution in [2.45, 2.75) is 63.4 Å². The molecule has 19 heavy (non-hydrogen) atoms. The molecule has 0 aromatic heterocycles. The fourth-order valence-electron chi connectivity index (χ4n) is 3.64. The van der Waals surface area contributed by atoms with Gasteiger partial charge in [-0.05, 0) is 43.2 Å². The summed E-state index contributed by atoms with van der Waals surface area (Å²) in [6.07, 6.45) is 4.98. The van der Waals surface area contributed by atoms with E-state index in [1.54, 1.807) is 0 Å². The van der Waals surface area contributed by atoms with Crippen LogP contribution in [-0.2, 0) is 11.8 Å². The minimum Gasteiger partial charge on any atom is -0.388 e. The van der Waals surface area contributed by atoms with Gasteiger partial charge >= 0.3 is 0 Å². The Kier molecular flexibility index (Phi) is 3.96. The number of benzene rings is 1. The summed E-state index contributed by atoms with van der Waals surface area (Å²) in [5.41, 5.74) is 0.652. The normalized spacial score (nSPS) is 25.2. The van der Waals surface area contributed by atoms with E-state index in [9.17, 15) is 10.4 Å². The maximum absolute atomic E-state index is 11.1. The molecule has 1 N–H and O–H groups in total. The molecule has 1 aliphatic carbocycles. The lowest BCUT2D eigenvalue weighted by Crippen LogP contribution is -2.52. The topological polar surface area (TPSA) is 44.0 Å². The summed E-state index contributed by atoms with van der Waals surface area (Å²) in [4.78, 5) is 0. The molecule has 0 bridgehead atoms. The van der Waals surface area contributed by atoms with Gasteiger partial charge in [0.25, 0.3) is 0 Å². The van der Waals surface area contributed by atoms with Crippen molar-refractivity contribution in [2.24, 2.45) is 0 Å². The van der Waals surface area contributed by atoms with Gasteiger partial charge in [-0.25, -0.2) is 0 Å². The molecule has 2 unspecified atom stereocenters. The third kappa shape index (κ3) is 2.07. The van der Waals surface area contributed by atoms with Crippen molar-refractivity contribution >= 4 is 0 Å². The second-order valence-electron chi connectivity index (χ2n) is 5.66. The molecule has 1 aliphatic rings. The lowest BCUT2D eigenvalue weighted by molar-refractivity contribution is -0.0355. The zero-order valence-corrected chi connectivity index (χ0v) is 11.9. The zero-order chi connectivity index (χ0) is 13.9. The van der Waals surface area contributed by atoms with Crippen LogP contribution in [0.4, 0.5) is 0 Å². The Bertz CT molecular complexity index is 490. The fourth-order valence-corrected chi connectivity index (χ4v) is 3.64. The minimum atomic E-state index is -0.910. The third-order valence-electron chi connectivity index (χ3n) is 4.71. The van der Waals surface area contributed by atoms with Crippen LogP contribution in [0.5, 0.6) is 0 Å². The minimum absolute atomic E-state index is 0.628. The monoisotopic (exact) mass is 257 g/mol. The van der Waals surface area contributed by atoms with E-state index in [0.29, 0.717) is 12.8 Å². The summed E-state index contributed by atoms with van der Waals surface area (Å²) in [7, 11) is 0. The molecule has 2 nitrogen and oxygen atoms in total. The van der Waals surface area contributed by atoms with Gasteiger partial charge in [0.05, 0.1) is 11.7 Å². The molecule has 0 saturated carbocycles. The molecule has 1 aromatic carbocycles. The van der Waals surface area contributed by atoms with Gasteiger partial charge in [0.15, 0.2) is 0 Å². The molecule has 0 aliphatic heterocycles. The largest absolute Gasteiger partial charge is 0.388 e. The number of fused-ring (bicyclic) bond motifs is 1. The van der Waals surface area contributed by atoms with Gasteiger partial charge in [0, 0.05) is 0 Å². The van der Waals surface area contributed by atoms with E-state index in [-0.39, 0.29) is 0 Å². The van der Waals surface area contributed by atoms with Gasteiger partial charge in [0.1, 0.15) is 5.41 Å². The van der Waals surface area contributed by atoms with Crippen molar-refractivity contribution in [3.63, 3.8) is 0 Å². The van der Waals surface area contributed by atoms with Crippen LogP contribution in [0.2, 0.25) is 0 Å². The Balaban J connectivity index is 2.59. The summed E-state index contributed by atoms with van der Waals surface area (Å²) >= 11 is 0. The maximum Gasteiger partial charge on any atom is 0.111 e. The Morgan fingerprint density at radius 3 is 2.74 bits per heavy atom. The summed E-state index contributed by atoms with van der Waals surface area (Å²) in [5.74, 6) is 0. The van der Waals surface area contributed by atoms with Gasteiger partial charge in [-0.1, -0.05) is 44.5 Å². The second-order valence-corrected chi connectivity index (χ2v) is 5.66. The Morgan fingerprint density at radius 1 is 1.37 bits per heavy atom. The molecule has 0 fully saturated rings. The predicted molar refractivity (Wildman–Crippen MR) is 76.8 cm³/mol. The van der Waals surface area contributed by atoms with Gasteiger partial charge in [-0.3, -0.25) is 0 Å². The van der Waals surface area contributed by atoms with Crippen molar-refractivity contribution in [3.8, 4) is 6.07 Å². The van der Waals surface area contributed by atoms with E-state index < -0.39 is 11.0 Å². The number of rotatable bonds is 4. The van der Waals surface area contributed by atoms with Crippen LogP contribution >= 0.6 is 0 Å². The molecule has 0 radical (unpaired) electrons. The first kappa shape index (κ1) is 14.1. The molecular formula is C17H23NO. The van der Waals surface area contributed by atoms with Crippen molar-refractivity contribution in [3.05, 3.63) is 35.4 Å². The van der Waals surface area contributed by atoms with Crippen molar-refractivity contribution in [1.29, 1.82) is 5.26 Å². The van der Waals surface area contributed by atoms with Crippen LogP contribution < -0.4 is 0 Å². The predicted octanol–water partition coefficient (Wildman–Crippen LogP) is 3.73. The van der Waals surface area contributed by atoms with Gasteiger partial charge in [-0.15, -0.1) is 0 Å². The molecule has 1 aromatic rings. The Morgan fingerprint density at radius 2 is 2.11 bits per heavy atom. The maximum atomic E-state index is 11.1. The molecule has 0 amide bonds. The molecule has 2 heteroatoms. The summed E-state index contributed by atoms with van der Waals surface area (Å²) in [6, 6.07) is 10.6. The highest BCUT2D eigenvalue weighted by molar-refractivity contribution is 5.45. The highest BCUT2D eigenvalue weighted by atomic mass is 16.3. The first-order valence-corrected chi connectivity index (χ1v) is 7.35. The average molecular weight is 257 g/mol. The molecular weight excluding hydrogens is 234 g/mol. The molecule has 0 heterocycles. The van der Waals surface area contributed by atoms with Crippen LogP contribution in [0, 0.1) is 11.3 Å². The van der Waals surface area contributed by atoms with E-state index in [2.05, 4.69) is 19.1 Å². The van der Waals surface area contributed by atoms with Crippen LogP contribution in [0.25, 0.3) is 0 Å². The highest BCUT2D eigenvalue weighted by Gasteiger charge is 2.52. The van der Waals surface area contributed by atoms with Crippen LogP contribution in [0.1, 0.15) is 57.1 Å².